The van der Waals surface area contributed by atoms with Crippen molar-refractivity contribution in [1.82, 2.24) is 14.8 Å². The van der Waals surface area contributed by atoms with Crippen molar-refractivity contribution < 1.29 is 4.79 Å². The van der Waals surface area contributed by atoms with Crippen LogP contribution in [0.15, 0.2) is 28.6 Å². The first kappa shape index (κ1) is 10.3. The quantitative estimate of drug-likeness (QED) is 0.607. The van der Waals surface area contributed by atoms with Crippen molar-refractivity contribution in [2.75, 3.05) is 0 Å². The fourth-order valence-electron chi connectivity index (χ4n) is 0.964. The molecule has 2 aliphatic rings. The topological polar surface area (TPSA) is 55.7 Å². The molecule has 3 rings (SSSR count). The van der Waals surface area contributed by atoms with Gasteiger partial charge in [-0.1, -0.05) is 22.7 Å². The van der Waals surface area contributed by atoms with Crippen LogP contribution in [0.25, 0.3) is 11.1 Å². The molecule has 1 aromatic rings. The lowest BCUT2D eigenvalue weighted by Crippen LogP contribution is -1.79. The van der Waals surface area contributed by atoms with Gasteiger partial charge in [-0.3, -0.25) is 4.79 Å². The van der Waals surface area contributed by atoms with Gasteiger partial charge in [-0.2, -0.15) is 0 Å². The second kappa shape index (κ2) is 4.50. The number of rotatable bonds is 1. The maximum Gasteiger partial charge on any atom is 0.201 e. The maximum atomic E-state index is 10.4. The average Bonchev–Trinajstić information content (AvgIpc) is 2.68. The summed E-state index contributed by atoms with van der Waals surface area (Å²) in [5, 5.41) is 6.88. The first-order valence-electron chi connectivity index (χ1n) is 4.19. The summed E-state index contributed by atoms with van der Waals surface area (Å²) in [6.45, 7) is 1.48. The number of nitrogens with zero attached hydrogens (tertiary/aromatic N) is 3. The van der Waals surface area contributed by atoms with Crippen LogP contribution in [0.1, 0.15) is 6.92 Å². The number of thioether (sulfide) groups is 1. The van der Waals surface area contributed by atoms with E-state index in [1.54, 1.807) is 0 Å². The Kier molecular flexibility index (Phi) is 3.08. The standard InChI is InChI=1S/C6H4.C3H3N3OS2/c1-2-5-4-6(5)3-1;1-2(7)8-3-4-5-6-9-3/h1-4H;1H3. The van der Waals surface area contributed by atoms with E-state index in [-0.39, 0.29) is 5.12 Å². The highest BCUT2D eigenvalue weighted by Gasteiger charge is 2.07. The van der Waals surface area contributed by atoms with Crippen molar-refractivity contribution in [2.24, 2.45) is 0 Å². The van der Waals surface area contributed by atoms with E-state index in [4.69, 9.17) is 0 Å². The fourth-order valence-corrected chi connectivity index (χ4v) is 2.10. The summed E-state index contributed by atoms with van der Waals surface area (Å²) < 4.78 is 4.08. The maximum absolute atomic E-state index is 10.4. The van der Waals surface area contributed by atoms with Gasteiger partial charge in [-0.15, -0.1) is 5.10 Å². The summed E-state index contributed by atoms with van der Waals surface area (Å²) in [5.41, 5.74) is 2.85. The number of benzene rings is 1. The van der Waals surface area contributed by atoms with Gasteiger partial charge in [0, 0.05) is 18.5 Å². The first-order valence-corrected chi connectivity index (χ1v) is 5.78. The van der Waals surface area contributed by atoms with Crippen molar-refractivity contribution >= 4 is 28.4 Å². The fraction of sp³-hybridized carbons (Fsp3) is 0.111. The smallest absolute Gasteiger partial charge is 0.201 e. The van der Waals surface area contributed by atoms with E-state index in [1.165, 1.54) is 18.1 Å². The van der Waals surface area contributed by atoms with Gasteiger partial charge < -0.3 is 0 Å². The van der Waals surface area contributed by atoms with E-state index in [0.29, 0.717) is 4.34 Å². The van der Waals surface area contributed by atoms with Crippen LogP contribution in [0.3, 0.4) is 0 Å². The summed E-state index contributed by atoms with van der Waals surface area (Å²) in [6.07, 6.45) is 0. The average molecular weight is 237 g/mol. The molecule has 0 radical (unpaired) electrons. The van der Waals surface area contributed by atoms with Crippen molar-refractivity contribution in [3.63, 3.8) is 0 Å². The van der Waals surface area contributed by atoms with Crippen LogP contribution in [0.2, 0.25) is 0 Å². The Morgan fingerprint density at radius 3 is 2.47 bits per heavy atom. The zero-order chi connectivity index (χ0) is 10.7. The third-order valence-electron chi connectivity index (χ3n) is 1.63. The molecular formula is C9H7N3OS2. The second-order valence-corrected chi connectivity index (χ2v) is 4.96. The minimum absolute atomic E-state index is 0.00792. The SMILES string of the molecule is CC(=O)Sc1nnns1.c1cc2cc-2c1. The molecule has 1 heterocycles. The number of hydrogen-bond acceptors (Lipinski definition) is 6. The van der Waals surface area contributed by atoms with Gasteiger partial charge in [0.25, 0.3) is 0 Å². The molecule has 4 nitrogen and oxygen atoms in total. The highest BCUT2D eigenvalue weighted by Crippen LogP contribution is 2.32. The third-order valence-corrected chi connectivity index (χ3v) is 3.04. The molecular weight excluding hydrogens is 230 g/mol. The van der Waals surface area contributed by atoms with E-state index in [2.05, 4.69) is 39.1 Å². The summed E-state index contributed by atoms with van der Waals surface area (Å²) in [5.74, 6) is 0. The minimum Gasteiger partial charge on any atom is -0.287 e. The van der Waals surface area contributed by atoms with E-state index in [0.717, 1.165) is 23.3 Å². The van der Waals surface area contributed by atoms with E-state index in [1.807, 2.05) is 0 Å². The van der Waals surface area contributed by atoms with Gasteiger partial charge in [0.2, 0.25) is 4.34 Å². The van der Waals surface area contributed by atoms with Crippen molar-refractivity contribution in [3.05, 3.63) is 24.3 Å². The van der Waals surface area contributed by atoms with Crippen molar-refractivity contribution in [3.8, 4) is 11.1 Å². The molecule has 0 spiro atoms. The monoisotopic (exact) mass is 237 g/mol. The van der Waals surface area contributed by atoms with E-state index < -0.39 is 0 Å². The van der Waals surface area contributed by atoms with Crippen LogP contribution in [-0.2, 0) is 4.79 Å². The Balaban J connectivity index is 0.000000121. The zero-order valence-electron chi connectivity index (χ0n) is 7.88. The van der Waals surface area contributed by atoms with Crippen LogP contribution in [0, 0.1) is 0 Å². The van der Waals surface area contributed by atoms with Gasteiger partial charge in [0.15, 0.2) is 5.12 Å². The Morgan fingerprint density at radius 1 is 1.40 bits per heavy atom. The van der Waals surface area contributed by atoms with Crippen LogP contribution < -0.4 is 0 Å². The highest BCUT2D eigenvalue weighted by atomic mass is 32.2. The number of hydrogen-bond donors (Lipinski definition) is 0. The van der Waals surface area contributed by atoms with Crippen molar-refractivity contribution in [1.29, 1.82) is 0 Å². The molecule has 0 saturated heterocycles. The second-order valence-electron chi connectivity index (χ2n) is 2.80. The van der Waals surface area contributed by atoms with Crippen LogP contribution in [-0.4, -0.2) is 19.9 Å². The normalized spacial score (nSPS) is 10.2. The molecule has 15 heavy (non-hydrogen) atoms. The van der Waals surface area contributed by atoms with Crippen molar-refractivity contribution in [2.45, 2.75) is 11.3 Å². The largest absolute Gasteiger partial charge is 0.287 e. The van der Waals surface area contributed by atoms with E-state index in [9.17, 15) is 4.79 Å². The van der Waals surface area contributed by atoms with Crippen LogP contribution >= 0.6 is 23.3 Å². The van der Waals surface area contributed by atoms with Crippen LogP contribution in [0.5, 0.6) is 0 Å². The molecule has 2 aliphatic carbocycles. The van der Waals surface area contributed by atoms with Gasteiger partial charge in [0.1, 0.15) is 0 Å². The molecule has 6 heteroatoms. The number of aromatic nitrogens is 3. The lowest BCUT2D eigenvalue weighted by Gasteiger charge is -1.81. The summed E-state index contributed by atoms with van der Waals surface area (Å²) in [7, 11) is 0. The Hall–Kier alpha value is -1.27. The van der Waals surface area contributed by atoms with Gasteiger partial charge in [-0.25, -0.2) is 0 Å². The molecule has 0 fully saturated rings. The molecule has 76 valence electrons. The summed E-state index contributed by atoms with van der Waals surface area (Å²) in [6, 6.07) is 8.48. The van der Waals surface area contributed by atoms with Crippen LogP contribution in [0.4, 0.5) is 0 Å². The Morgan fingerprint density at radius 2 is 2.13 bits per heavy atom. The molecule has 0 aliphatic heterocycles. The first-order chi connectivity index (χ1) is 7.25. The summed E-state index contributed by atoms with van der Waals surface area (Å²) >= 11 is 2.17. The van der Waals surface area contributed by atoms with E-state index >= 15 is 0 Å². The molecule has 0 saturated carbocycles. The minimum atomic E-state index is 0.00792. The molecule has 0 aromatic carbocycles. The lowest BCUT2D eigenvalue weighted by molar-refractivity contribution is -0.109. The number of fused-ring (bicyclic) bond motifs is 1. The summed E-state index contributed by atoms with van der Waals surface area (Å²) in [4.78, 5) is 10.4. The Labute approximate surface area is 94.9 Å². The molecule has 0 amide bonds. The Bertz CT molecular complexity index is 453. The molecule has 1 aromatic heterocycles. The predicted octanol–water partition coefficient (Wildman–Crippen LogP) is 2.24. The molecule has 0 bridgehead atoms. The number of carbonyl (C=O) groups excluding carboxylic acids is 1. The lowest BCUT2D eigenvalue weighted by atomic mass is 10.6. The predicted molar refractivity (Wildman–Crippen MR) is 59.7 cm³/mol. The number of carbonyl (C=O) groups is 1. The third kappa shape index (κ3) is 3.10. The van der Waals surface area contributed by atoms with Gasteiger partial charge in [0.05, 0.1) is 0 Å². The molecule has 0 atom stereocenters. The molecule has 0 N–H and O–H groups in total. The zero-order valence-corrected chi connectivity index (χ0v) is 9.51. The molecule has 0 unspecified atom stereocenters. The van der Waals surface area contributed by atoms with Gasteiger partial charge in [-0.05, 0) is 34.2 Å². The highest BCUT2D eigenvalue weighted by molar-refractivity contribution is 8.14. The van der Waals surface area contributed by atoms with Gasteiger partial charge >= 0.3 is 0 Å².